The number of nitrogens with zero attached hydrogens (tertiary/aromatic N) is 2. The number of hydrazone groups is 1. The maximum atomic E-state index is 5.55. The van der Waals surface area contributed by atoms with E-state index in [4.69, 9.17) is 23.2 Å². The molecule has 0 aliphatic heterocycles. The van der Waals surface area contributed by atoms with E-state index >= 15 is 0 Å². The zero-order valence-electron chi connectivity index (χ0n) is 5.66. The molecule has 0 aliphatic rings. The molecule has 0 amide bonds. The van der Waals surface area contributed by atoms with E-state index in [2.05, 4.69) is 10.1 Å². The molecule has 0 saturated heterocycles. The van der Waals surface area contributed by atoms with Gasteiger partial charge in [0.2, 0.25) is 0 Å². The second-order valence-electron chi connectivity index (χ2n) is 1.89. The van der Waals surface area contributed by atoms with Crippen LogP contribution in [0.3, 0.4) is 0 Å². The Kier molecular flexibility index (Phi) is 2.28. The summed E-state index contributed by atoms with van der Waals surface area (Å²) in [7, 11) is 0. The van der Waals surface area contributed by atoms with Crippen LogP contribution in [0, 0.1) is 0 Å². The Morgan fingerprint density at radius 1 is 1.55 bits per heavy atom. The molecule has 0 aliphatic carbocycles. The third kappa shape index (κ3) is 1.81. The number of hydrogen-bond donors (Lipinski definition) is 2. The number of hydrogen-bond acceptors (Lipinski definition) is 4. The summed E-state index contributed by atoms with van der Waals surface area (Å²) in [5.74, 6) is 5.25. The quantitative estimate of drug-likeness (QED) is 0.281. The summed E-state index contributed by atoms with van der Waals surface area (Å²) in [5.41, 5.74) is 6.13. The van der Waals surface area contributed by atoms with Crippen molar-refractivity contribution in [2.75, 3.05) is 5.73 Å². The number of rotatable bonds is 1. The van der Waals surface area contributed by atoms with E-state index in [1.807, 2.05) is 0 Å². The lowest BCUT2D eigenvalue weighted by Crippen LogP contribution is -1.97. The van der Waals surface area contributed by atoms with Crippen LogP contribution in [0.2, 0.25) is 5.15 Å². The van der Waals surface area contributed by atoms with E-state index in [1.165, 1.54) is 6.21 Å². The fourth-order valence-corrected chi connectivity index (χ4v) is 0.804. The van der Waals surface area contributed by atoms with Gasteiger partial charge in [-0.05, 0) is 12.1 Å². The number of aromatic nitrogens is 1. The van der Waals surface area contributed by atoms with Crippen molar-refractivity contribution in [3.05, 3.63) is 22.8 Å². The van der Waals surface area contributed by atoms with Gasteiger partial charge in [-0.3, -0.25) is 0 Å². The Balaban J connectivity index is 3.09. The second-order valence-corrected chi connectivity index (χ2v) is 2.27. The molecule has 0 unspecified atom stereocenters. The van der Waals surface area contributed by atoms with Gasteiger partial charge >= 0.3 is 0 Å². The van der Waals surface area contributed by atoms with E-state index in [0.717, 1.165) is 0 Å². The molecule has 0 fully saturated rings. The molecule has 1 rings (SSSR count). The molecule has 5 heteroatoms. The van der Waals surface area contributed by atoms with Crippen molar-refractivity contribution < 1.29 is 0 Å². The summed E-state index contributed by atoms with van der Waals surface area (Å²) >= 11 is 5.55. The third-order valence-electron chi connectivity index (χ3n) is 1.14. The molecule has 0 saturated carbocycles. The molecule has 1 heterocycles. The summed E-state index contributed by atoms with van der Waals surface area (Å²) in [6, 6.07) is 3.32. The van der Waals surface area contributed by atoms with Crippen LogP contribution in [0.25, 0.3) is 0 Å². The second kappa shape index (κ2) is 3.21. The summed E-state index contributed by atoms with van der Waals surface area (Å²) in [6.45, 7) is 0. The first-order chi connectivity index (χ1) is 5.24. The lowest BCUT2D eigenvalue weighted by atomic mass is 10.3. The SMILES string of the molecule is N/N=C/c1ccc(Cl)nc1N. The van der Waals surface area contributed by atoms with Gasteiger partial charge in [0, 0.05) is 5.56 Å². The van der Waals surface area contributed by atoms with Crippen LogP contribution >= 0.6 is 11.6 Å². The molecule has 4 N–H and O–H groups in total. The molecule has 0 spiro atoms. The zero-order chi connectivity index (χ0) is 8.27. The van der Waals surface area contributed by atoms with Crippen molar-refractivity contribution >= 4 is 23.6 Å². The maximum absolute atomic E-state index is 5.55. The minimum atomic E-state index is 0.326. The van der Waals surface area contributed by atoms with E-state index in [1.54, 1.807) is 12.1 Å². The van der Waals surface area contributed by atoms with E-state index in [9.17, 15) is 0 Å². The van der Waals surface area contributed by atoms with Gasteiger partial charge in [0.05, 0.1) is 6.21 Å². The lowest BCUT2D eigenvalue weighted by Gasteiger charge is -1.96. The third-order valence-corrected chi connectivity index (χ3v) is 1.35. The van der Waals surface area contributed by atoms with Crippen molar-refractivity contribution in [3.8, 4) is 0 Å². The Morgan fingerprint density at radius 2 is 2.27 bits per heavy atom. The lowest BCUT2D eigenvalue weighted by molar-refractivity contribution is 1.25. The van der Waals surface area contributed by atoms with Crippen LogP contribution in [0.5, 0.6) is 0 Å². The average molecular weight is 171 g/mol. The van der Waals surface area contributed by atoms with Crippen LogP contribution in [0.1, 0.15) is 5.56 Å². The van der Waals surface area contributed by atoms with Crippen LogP contribution in [-0.4, -0.2) is 11.2 Å². The number of halogens is 1. The van der Waals surface area contributed by atoms with Crippen LogP contribution in [0.4, 0.5) is 5.82 Å². The fourth-order valence-electron chi connectivity index (χ4n) is 0.650. The van der Waals surface area contributed by atoms with Crippen molar-refractivity contribution in [1.82, 2.24) is 4.98 Å². The Bertz CT molecular complexity index is 284. The number of pyridine rings is 1. The maximum Gasteiger partial charge on any atom is 0.134 e. The predicted molar refractivity (Wildman–Crippen MR) is 45.4 cm³/mol. The molecule has 0 atom stereocenters. The number of nitrogens with two attached hydrogens (primary N) is 2. The summed E-state index contributed by atoms with van der Waals surface area (Å²) in [6.07, 6.45) is 1.42. The van der Waals surface area contributed by atoms with Gasteiger partial charge in [0.25, 0.3) is 0 Å². The Labute approximate surface area is 68.9 Å². The summed E-state index contributed by atoms with van der Waals surface area (Å²) in [5, 5.41) is 3.67. The monoisotopic (exact) mass is 170 g/mol. The van der Waals surface area contributed by atoms with Gasteiger partial charge in [-0.2, -0.15) is 5.10 Å². The van der Waals surface area contributed by atoms with E-state index in [0.29, 0.717) is 16.5 Å². The number of nitrogen functional groups attached to an aromatic ring is 1. The highest BCUT2D eigenvalue weighted by Crippen LogP contribution is 2.10. The van der Waals surface area contributed by atoms with Crippen LogP contribution in [-0.2, 0) is 0 Å². The molecule has 11 heavy (non-hydrogen) atoms. The molecule has 0 radical (unpaired) electrons. The smallest absolute Gasteiger partial charge is 0.134 e. The predicted octanol–water partition coefficient (Wildman–Crippen LogP) is 0.610. The van der Waals surface area contributed by atoms with Gasteiger partial charge in [-0.1, -0.05) is 11.6 Å². The molecular weight excluding hydrogens is 164 g/mol. The Morgan fingerprint density at radius 3 is 2.82 bits per heavy atom. The zero-order valence-corrected chi connectivity index (χ0v) is 6.42. The average Bonchev–Trinajstić information content (AvgIpc) is 1.95. The number of anilines is 1. The standard InChI is InChI=1S/C6H7ClN4/c7-5-2-1-4(3-10-9)6(8)11-5/h1-3H,9H2,(H2,8,11)/b10-3+. The molecular formula is C6H7ClN4. The van der Waals surface area contributed by atoms with Gasteiger partial charge in [0.1, 0.15) is 11.0 Å². The molecule has 0 bridgehead atoms. The highest BCUT2D eigenvalue weighted by molar-refractivity contribution is 6.29. The van der Waals surface area contributed by atoms with Crippen molar-refractivity contribution in [2.24, 2.45) is 10.9 Å². The first kappa shape index (κ1) is 7.81. The summed E-state index contributed by atoms with van der Waals surface area (Å²) in [4.78, 5) is 3.79. The summed E-state index contributed by atoms with van der Waals surface area (Å²) < 4.78 is 0. The largest absolute Gasteiger partial charge is 0.383 e. The van der Waals surface area contributed by atoms with E-state index in [-0.39, 0.29) is 0 Å². The van der Waals surface area contributed by atoms with Gasteiger partial charge < -0.3 is 11.6 Å². The van der Waals surface area contributed by atoms with Crippen LogP contribution < -0.4 is 11.6 Å². The molecule has 4 nitrogen and oxygen atoms in total. The van der Waals surface area contributed by atoms with Gasteiger partial charge in [0.15, 0.2) is 0 Å². The van der Waals surface area contributed by atoms with E-state index < -0.39 is 0 Å². The highest BCUT2D eigenvalue weighted by Gasteiger charge is 1.96. The van der Waals surface area contributed by atoms with Crippen molar-refractivity contribution in [2.45, 2.75) is 0 Å². The minimum absolute atomic E-state index is 0.326. The fraction of sp³-hybridized carbons (Fsp3) is 0. The normalized spacial score (nSPS) is 10.6. The Hall–Kier alpha value is -1.29. The van der Waals surface area contributed by atoms with Crippen molar-refractivity contribution in [3.63, 3.8) is 0 Å². The first-order valence-electron chi connectivity index (χ1n) is 2.89. The molecule has 1 aromatic rings. The topological polar surface area (TPSA) is 77.3 Å². The van der Waals surface area contributed by atoms with Crippen molar-refractivity contribution in [1.29, 1.82) is 0 Å². The van der Waals surface area contributed by atoms with Gasteiger partial charge in [-0.25, -0.2) is 4.98 Å². The minimum Gasteiger partial charge on any atom is -0.383 e. The molecule has 1 aromatic heterocycles. The van der Waals surface area contributed by atoms with Crippen LogP contribution in [0.15, 0.2) is 17.2 Å². The highest BCUT2D eigenvalue weighted by atomic mass is 35.5. The first-order valence-corrected chi connectivity index (χ1v) is 3.27. The molecule has 0 aromatic carbocycles. The van der Waals surface area contributed by atoms with Gasteiger partial charge in [-0.15, -0.1) is 0 Å². The molecule has 58 valence electrons.